The SMILES string of the molecule is CCCC(C)(N)C(=O)NC(C)C(N)=O. The van der Waals surface area contributed by atoms with Crippen LogP contribution < -0.4 is 16.8 Å². The highest BCUT2D eigenvalue weighted by atomic mass is 16.2. The first-order chi connectivity index (χ1) is 6.31. The van der Waals surface area contributed by atoms with Crippen LogP contribution in [0.4, 0.5) is 0 Å². The molecule has 2 atom stereocenters. The Labute approximate surface area is 84.2 Å². The minimum absolute atomic E-state index is 0.342. The Bertz CT molecular complexity index is 226. The first-order valence-corrected chi connectivity index (χ1v) is 4.70. The Balaban J connectivity index is 4.26. The summed E-state index contributed by atoms with van der Waals surface area (Å²) in [4.78, 5) is 22.2. The normalized spacial score (nSPS) is 16.9. The number of hydrogen-bond donors (Lipinski definition) is 3. The van der Waals surface area contributed by atoms with Gasteiger partial charge in [-0.1, -0.05) is 13.3 Å². The number of amides is 2. The fourth-order valence-electron chi connectivity index (χ4n) is 1.07. The van der Waals surface area contributed by atoms with Crippen molar-refractivity contribution < 1.29 is 9.59 Å². The van der Waals surface area contributed by atoms with Gasteiger partial charge in [0.1, 0.15) is 6.04 Å². The van der Waals surface area contributed by atoms with Crippen LogP contribution in [-0.4, -0.2) is 23.4 Å². The summed E-state index contributed by atoms with van der Waals surface area (Å²) in [5.41, 5.74) is 9.83. The first kappa shape index (κ1) is 12.9. The van der Waals surface area contributed by atoms with Crippen molar-refractivity contribution in [2.24, 2.45) is 11.5 Å². The summed E-state index contributed by atoms with van der Waals surface area (Å²) in [7, 11) is 0. The van der Waals surface area contributed by atoms with E-state index in [-0.39, 0.29) is 5.91 Å². The Hall–Kier alpha value is -1.10. The number of carbonyl (C=O) groups excluding carboxylic acids is 2. The van der Waals surface area contributed by atoms with E-state index in [0.29, 0.717) is 6.42 Å². The van der Waals surface area contributed by atoms with Crippen molar-refractivity contribution in [3.05, 3.63) is 0 Å². The molecule has 0 aromatic heterocycles. The summed E-state index contributed by atoms with van der Waals surface area (Å²) in [6.45, 7) is 5.11. The van der Waals surface area contributed by atoms with Crippen molar-refractivity contribution >= 4 is 11.8 Å². The summed E-state index contributed by atoms with van der Waals surface area (Å²) in [5, 5.41) is 2.47. The van der Waals surface area contributed by atoms with Crippen LogP contribution in [0.15, 0.2) is 0 Å². The van der Waals surface area contributed by atoms with Crippen LogP contribution in [0, 0.1) is 0 Å². The second kappa shape index (κ2) is 4.95. The third kappa shape index (κ3) is 3.74. The molecule has 5 heteroatoms. The minimum atomic E-state index is -0.932. The van der Waals surface area contributed by atoms with Crippen molar-refractivity contribution in [1.82, 2.24) is 5.32 Å². The maximum absolute atomic E-state index is 11.5. The lowest BCUT2D eigenvalue weighted by Crippen LogP contribution is -2.55. The molecule has 5 nitrogen and oxygen atoms in total. The van der Waals surface area contributed by atoms with Gasteiger partial charge in [0.15, 0.2) is 0 Å². The van der Waals surface area contributed by atoms with Crippen LogP contribution in [0.2, 0.25) is 0 Å². The quantitative estimate of drug-likeness (QED) is 0.559. The summed E-state index contributed by atoms with van der Waals surface area (Å²) in [5.74, 6) is -0.906. The molecule has 0 aromatic rings. The van der Waals surface area contributed by atoms with Crippen molar-refractivity contribution in [2.45, 2.75) is 45.2 Å². The summed E-state index contributed by atoms with van der Waals surface area (Å²) in [6.07, 6.45) is 1.38. The highest BCUT2D eigenvalue weighted by molar-refractivity contribution is 5.90. The second-order valence-corrected chi connectivity index (χ2v) is 3.76. The average molecular weight is 201 g/mol. The molecule has 2 unspecified atom stereocenters. The van der Waals surface area contributed by atoms with E-state index in [9.17, 15) is 9.59 Å². The zero-order valence-electron chi connectivity index (χ0n) is 8.96. The average Bonchev–Trinajstić information content (AvgIpc) is 2.03. The third-order valence-corrected chi connectivity index (χ3v) is 2.06. The molecule has 0 aliphatic rings. The molecule has 2 amide bonds. The predicted molar refractivity (Wildman–Crippen MR) is 54.3 cm³/mol. The fraction of sp³-hybridized carbons (Fsp3) is 0.778. The Morgan fingerprint density at radius 3 is 2.36 bits per heavy atom. The molecule has 0 spiro atoms. The monoisotopic (exact) mass is 201 g/mol. The standard InChI is InChI=1S/C9H19N3O2/c1-4-5-9(3,11)8(14)12-6(2)7(10)13/h6H,4-5,11H2,1-3H3,(H2,10,13)(H,12,14). The molecule has 0 heterocycles. The summed E-state index contributed by atoms with van der Waals surface area (Å²) < 4.78 is 0. The fourth-order valence-corrected chi connectivity index (χ4v) is 1.07. The smallest absolute Gasteiger partial charge is 0.240 e. The van der Waals surface area contributed by atoms with E-state index < -0.39 is 17.5 Å². The van der Waals surface area contributed by atoms with Gasteiger partial charge in [-0.2, -0.15) is 0 Å². The maximum Gasteiger partial charge on any atom is 0.240 e. The van der Waals surface area contributed by atoms with E-state index in [2.05, 4.69) is 5.32 Å². The lowest BCUT2D eigenvalue weighted by Gasteiger charge is -2.24. The van der Waals surface area contributed by atoms with Crippen LogP contribution in [0.5, 0.6) is 0 Å². The van der Waals surface area contributed by atoms with Crippen molar-refractivity contribution in [2.75, 3.05) is 0 Å². The van der Waals surface area contributed by atoms with E-state index >= 15 is 0 Å². The molecule has 0 aliphatic carbocycles. The second-order valence-electron chi connectivity index (χ2n) is 3.76. The first-order valence-electron chi connectivity index (χ1n) is 4.70. The topological polar surface area (TPSA) is 98.2 Å². The summed E-state index contributed by atoms with van der Waals surface area (Å²) in [6, 6.07) is -0.678. The van der Waals surface area contributed by atoms with Crippen LogP contribution >= 0.6 is 0 Å². The molecule has 0 fully saturated rings. The van der Waals surface area contributed by atoms with E-state index in [1.54, 1.807) is 6.92 Å². The summed E-state index contributed by atoms with van der Waals surface area (Å²) >= 11 is 0. The lowest BCUT2D eigenvalue weighted by molar-refractivity contribution is -0.130. The van der Waals surface area contributed by atoms with Gasteiger partial charge in [0.05, 0.1) is 5.54 Å². The maximum atomic E-state index is 11.5. The minimum Gasteiger partial charge on any atom is -0.368 e. The predicted octanol–water partition coefficient (Wildman–Crippen LogP) is -0.506. The van der Waals surface area contributed by atoms with Crippen LogP contribution in [0.25, 0.3) is 0 Å². The Kier molecular flexibility index (Phi) is 4.56. The molecule has 82 valence electrons. The van der Waals surface area contributed by atoms with Gasteiger partial charge in [-0.05, 0) is 20.3 Å². The van der Waals surface area contributed by atoms with Crippen molar-refractivity contribution in [1.29, 1.82) is 0 Å². The van der Waals surface area contributed by atoms with Gasteiger partial charge in [0, 0.05) is 0 Å². The molecule has 0 aliphatic heterocycles. The molecule has 0 bridgehead atoms. The van der Waals surface area contributed by atoms with Crippen molar-refractivity contribution in [3.63, 3.8) is 0 Å². The largest absolute Gasteiger partial charge is 0.368 e. The van der Waals surface area contributed by atoms with Crippen LogP contribution in [0.1, 0.15) is 33.6 Å². The van der Waals surface area contributed by atoms with Gasteiger partial charge in [0.2, 0.25) is 11.8 Å². The van der Waals surface area contributed by atoms with Gasteiger partial charge in [-0.15, -0.1) is 0 Å². The molecule has 0 rings (SSSR count). The molecule has 0 saturated heterocycles. The lowest BCUT2D eigenvalue weighted by atomic mass is 9.96. The Morgan fingerprint density at radius 2 is 2.00 bits per heavy atom. The number of nitrogens with two attached hydrogens (primary N) is 2. The van der Waals surface area contributed by atoms with E-state index in [4.69, 9.17) is 11.5 Å². The van der Waals surface area contributed by atoms with E-state index in [1.807, 2.05) is 6.92 Å². The highest BCUT2D eigenvalue weighted by Crippen LogP contribution is 2.08. The van der Waals surface area contributed by atoms with Gasteiger partial charge < -0.3 is 16.8 Å². The molecular formula is C9H19N3O2. The van der Waals surface area contributed by atoms with Gasteiger partial charge >= 0.3 is 0 Å². The zero-order valence-corrected chi connectivity index (χ0v) is 8.96. The van der Waals surface area contributed by atoms with E-state index in [0.717, 1.165) is 6.42 Å². The van der Waals surface area contributed by atoms with Crippen LogP contribution in [-0.2, 0) is 9.59 Å². The molecular weight excluding hydrogens is 182 g/mol. The Morgan fingerprint density at radius 1 is 1.50 bits per heavy atom. The van der Waals surface area contributed by atoms with Gasteiger partial charge in [0.25, 0.3) is 0 Å². The molecule has 14 heavy (non-hydrogen) atoms. The molecule has 0 saturated carbocycles. The van der Waals surface area contributed by atoms with Gasteiger partial charge in [-0.3, -0.25) is 9.59 Å². The number of hydrogen-bond acceptors (Lipinski definition) is 3. The molecule has 5 N–H and O–H groups in total. The van der Waals surface area contributed by atoms with E-state index in [1.165, 1.54) is 6.92 Å². The highest BCUT2D eigenvalue weighted by Gasteiger charge is 2.28. The number of nitrogens with one attached hydrogen (secondary N) is 1. The zero-order chi connectivity index (χ0) is 11.4. The third-order valence-electron chi connectivity index (χ3n) is 2.06. The number of rotatable bonds is 5. The van der Waals surface area contributed by atoms with Gasteiger partial charge in [-0.25, -0.2) is 0 Å². The number of carbonyl (C=O) groups is 2. The van der Waals surface area contributed by atoms with Crippen molar-refractivity contribution in [3.8, 4) is 0 Å². The molecule has 0 aromatic carbocycles. The number of primary amides is 1. The molecule has 0 radical (unpaired) electrons. The van der Waals surface area contributed by atoms with Crippen LogP contribution in [0.3, 0.4) is 0 Å².